The average Bonchev–Trinajstić information content (AvgIpc) is 2.47. The van der Waals surface area contributed by atoms with Crippen LogP contribution in [0.5, 0.6) is 0 Å². The maximum absolute atomic E-state index is 11.8. The minimum absolute atomic E-state index is 0.0281. The van der Waals surface area contributed by atoms with Crippen molar-refractivity contribution in [2.75, 3.05) is 45.2 Å². The lowest BCUT2D eigenvalue weighted by molar-refractivity contribution is -0.385. The van der Waals surface area contributed by atoms with Crippen LogP contribution in [0.15, 0.2) is 16.6 Å². The molecule has 1 saturated heterocycles. The summed E-state index contributed by atoms with van der Waals surface area (Å²) in [5.74, 6) is -0.704. The largest absolute Gasteiger partial charge is 0.465 e. The fraction of sp³-hybridized carbons (Fsp3) is 0.462. The maximum Gasteiger partial charge on any atom is 0.344 e. The van der Waals surface area contributed by atoms with Crippen LogP contribution in [0.1, 0.15) is 10.4 Å². The second-order valence-corrected chi connectivity index (χ2v) is 5.71. The topological polar surface area (TPSA) is 75.9 Å². The number of benzene rings is 1. The van der Waals surface area contributed by atoms with Gasteiger partial charge in [-0.15, -0.1) is 0 Å². The van der Waals surface area contributed by atoms with Gasteiger partial charge in [-0.1, -0.05) is 0 Å². The van der Waals surface area contributed by atoms with Gasteiger partial charge in [0.25, 0.3) is 5.69 Å². The van der Waals surface area contributed by atoms with Crippen molar-refractivity contribution >= 4 is 33.3 Å². The molecule has 0 N–H and O–H groups in total. The Bertz CT molecular complexity index is 571. The number of esters is 1. The van der Waals surface area contributed by atoms with Gasteiger partial charge in [-0.25, -0.2) is 4.79 Å². The average molecular weight is 358 g/mol. The number of ether oxygens (including phenoxy) is 1. The van der Waals surface area contributed by atoms with Crippen LogP contribution in [-0.4, -0.2) is 56.1 Å². The van der Waals surface area contributed by atoms with Crippen LogP contribution in [0.2, 0.25) is 0 Å². The van der Waals surface area contributed by atoms with Gasteiger partial charge in [0.2, 0.25) is 0 Å². The summed E-state index contributed by atoms with van der Waals surface area (Å²) in [6, 6.07) is 2.89. The van der Waals surface area contributed by atoms with E-state index in [4.69, 9.17) is 0 Å². The molecule has 0 atom stereocenters. The molecule has 7 nitrogen and oxygen atoms in total. The van der Waals surface area contributed by atoms with Crippen LogP contribution in [0, 0.1) is 10.1 Å². The van der Waals surface area contributed by atoms with E-state index in [9.17, 15) is 14.9 Å². The van der Waals surface area contributed by atoms with Crippen molar-refractivity contribution < 1.29 is 14.5 Å². The van der Waals surface area contributed by atoms with Gasteiger partial charge in [0.15, 0.2) is 0 Å². The van der Waals surface area contributed by atoms with Gasteiger partial charge in [-0.3, -0.25) is 10.1 Å². The molecular weight excluding hydrogens is 342 g/mol. The Kier molecular flexibility index (Phi) is 4.79. The predicted octanol–water partition coefficient (Wildman–Crippen LogP) is 1.90. The van der Waals surface area contributed by atoms with Crippen molar-refractivity contribution in [2.24, 2.45) is 0 Å². The molecule has 0 amide bonds. The first-order chi connectivity index (χ1) is 9.93. The molecule has 1 aromatic carbocycles. The molecule has 1 aliphatic rings. The van der Waals surface area contributed by atoms with Crippen molar-refractivity contribution in [1.29, 1.82) is 0 Å². The van der Waals surface area contributed by atoms with Gasteiger partial charge in [0.05, 0.1) is 17.7 Å². The number of likely N-dealkylation sites (N-methyl/N-ethyl adjacent to an activating group) is 1. The van der Waals surface area contributed by atoms with E-state index < -0.39 is 10.9 Å². The molecule has 8 heteroatoms. The highest BCUT2D eigenvalue weighted by Crippen LogP contribution is 2.34. The van der Waals surface area contributed by atoms with Crippen LogP contribution < -0.4 is 4.90 Å². The third-order valence-corrected chi connectivity index (χ3v) is 4.15. The number of hydrogen-bond acceptors (Lipinski definition) is 6. The number of nitro groups is 1. The first-order valence-corrected chi connectivity index (χ1v) is 7.23. The third-order valence-electron chi connectivity index (χ3n) is 3.51. The Balaban J connectivity index is 2.43. The van der Waals surface area contributed by atoms with E-state index in [2.05, 4.69) is 30.5 Å². The highest BCUT2D eigenvalue weighted by atomic mass is 79.9. The summed E-state index contributed by atoms with van der Waals surface area (Å²) in [5, 5.41) is 11.1. The Morgan fingerprint density at radius 1 is 1.33 bits per heavy atom. The third kappa shape index (κ3) is 3.33. The van der Waals surface area contributed by atoms with Gasteiger partial charge < -0.3 is 14.5 Å². The van der Waals surface area contributed by atoms with Crippen LogP contribution in [0.25, 0.3) is 0 Å². The molecule has 1 heterocycles. The van der Waals surface area contributed by atoms with E-state index in [1.807, 2.05) is 7.05 Å². The number of halogens is 1. The molecule has 0 radical (unpaired) electrons. The number of carbonyl (C=O) groups is 1. The molecule has 2 rings (SSSR count). The highest BCUT2D eigenvalue weighted by Gasteiger charge is 2.26. The molecule has 1 fully saturated rings. The molecule has 0 saturated carbocycles. The van der Waals surface area contributed by atoms with Gasteiger partial charge in [-0.2, -0.15) is 0 Å². The molecule has 0 spiro atoms. The fourth-order valence-electron chi connectivity index (χ4n) is 2.27. The molecule has 0 aliphatic carbocycles. The van der Waals surface area contributed by atoms with Gasteiger partial charge in [-0.05, 0) is 29.0 Å². The SMILES string of the molecule is COC(=O)c1cc(N2CCN(C)CC2)c(Br)cc1[N+](=O)[O-]. The molecule has 0 bridgehead atoms. The quantitative estimate of drug-likeness (QED) is 0.467. The van der Waals surface area contributed by atoms with Crippen molar-refractivity contribution in [3.05, 3.63) is 32.3 Å². The first kappa shape index (κ1) is 15.7. The molecule has 0 aromatic heterocycles. The lowest BCUT2D eigenvalue weighted by atomic mass is 10.1. The Morgan fingerprint density at radius 2 is 1.95 bits per heavy atom. The number of anilines is 1. The fourth-order valence-corrected chi connectivity index (χ4v) is 2.85. The summed E-state index contributed by atoms with van der Waals surface area (Å²) in [5.41, 5.74) is 0.486. The summed E-state index contributed by atoms with van der Waals surface area (Å²) in [7, 11) is 3.26. The zero-order valence-corrected chi connectivity index (χ0v) is 13.4. The Labute approximate surface area is 130 Å². The zero-order chi connectivity index (χ0) is 15.6. The van der Waals surface area contributed by atoms with Crippen molar-refractivity contribution in [3.63, 3.8) is 0 Å². The molecule has 1 aromatic rings. The normalized spacial score (nSPS) is 15.9. The van der Waals surface area contributed by atoms with E-state index >= 15 is 0 Å². The van der Waals surface area contributed by atoms with Gasteiger partial charge in [0.1, 0.15) is 5.56 Å². The van der Waals surface area contributed by atoms with E-state index in [1.165, 1.54) is 19.2 Å². The van der Waals surface area contributed by atoms with Crippen molar-refractivity contribution in [1.82, 2.24) is 4.90 Å². The lowest BCUT2D eigenvalue weighted by Gasteiger charge is -2.34. The number of carbonyl (C=O) groups excluding carboxylic acids is 1. The summed E-state index contributed by atoms with van der Waals surface area (Å²) < 4.78 is 5.24. The minimum atomic E-state index is -0.704. The summed E-state index contributed by atoms with van der Waals surface area (Å²) in [6.07, 6.45) is 0. The number of piperazine rings is 1. The standard InChI is InChI=1S/C13H16BrN3O4/c1-15-3-5-16(6-4-15)12-7-9(13(18)21-2)11(17(19)20)8-10(12)14/h7-8H,3-6H2,1-2H3. The smallest absolute Gasteiger partial charge is 0.344 e. The monoisotopic (exact) mass is 357 g/mol. The molecule has 1 aliphatic heterocycles. The molecule has 114 valence electrons. The van der Waals surface area contributed by atoms with E-state index in [0.717, 1.165) is 31.9 Å². The number of hydrogen-bond donors (Lipinski definition) is 0. The van der Waals surface area contributed by atoms with Crippen LogP contribution in [0.3, 0.4) is 0 Å². The van der Waals surface area contributed by atoms with Crippen LogP contribution >= 0.6 is 15.9 Å². The first-order valence-electron chi connectivity index (χ1n) is 6.43. The number of nitrogens with zero attached hydrogens (tertiary/aromatic N) is 3. The van der Waals surface area contributed by atoms with E-state index in [1.54, 1.807) is 0 Å². The van der Waals surface area contributed by atoms with Crippen molar-refractivity contribution in [2.45, 2.75) is 0 Å². The second-order valence-electron chi connectivity index (χ2n) is 4.86. The number of nitro benzene ring substituents is 1. The van der Waals surface area contributed by atoms with Gasteiger partial charge >= 0.3 is 5.97 Å². The lowest BCUT2D eigenvalue weighted by Crippen LogP contribution is -2.44. The summed E-state index contributed by atoms with van der Waals surface area (Å²) in [4.78, 5) is 26.6. The highest BCUT2D eigenvalue weighted by molar-refractivity contribution is 9.10. The zero-order valence-electron chi connectivity index (χ0n) is 11.8. The van der Waals surface area contributed by atoms with E-state index in [0.29, 0.717) is 4.47 Å². The number of rotatable bonds is 3. The Hall–Kier alpha value is -1.67. The molecule has 21 heavy (non-hydrogen) atoms. The number of methoxy groups -OCH3 is 1. The van der Waals surface area contributed by atoms with Crippen molar-refractivity contribution in [3.8, 4) is 0 Å². The molecular formula is C13H16BrN3O4. The van der Waals surface area contributed by atoms with Crippen LogP contribution in [0.4, 0.5) is 11.4 Å². The second kappa shape index (κ2) is 6.40. The Morgan fingerprint density at radius 3 is 2.48 bits per heavy atom. The van der Waals surface area contributed by atoms with Gasteiger partial charge in [0, 0.05) is 36.7 Å². The molecule has 0 unspecified atom stereocenters. The van der Waals surface area contributed by atoms with E-state index in [-0.39, 0.29) is 11.3 Å². The summed E-state index contributed by atoms with van der Waals surface area (Å²) >= 11 is 3.36. The predicted molar refractivity (Wildman–Crippen MR) is 81.8 cm³/mol. The van der Waals surface area contributed by atoms with Crippen LogP contribution in [-0.2, 0) is 4.74 Å². The maximum atomic E-state index is 11.8. The minimum Gasteiger partial charge on any atom is -0.465 e. The summed E-state index contributed by atoms with van der Waals surface area (Å²) in [6.45, 7) is 3.40.